The summed E-state index contributed by atoms with van der Waals surface area (Å²) >= 11 is 6.36. The Morgan fingerprint density at radius 2 is 1.84 bits per heavy atom. The molecule has 2 heterocycles. The number of carbonyl (C=O) groups is 1. The Bertz CT molecular complexity index is 1080. The quantitative estimate of drug-likeness (QED) is 0.505. The van der Waals surface area contributed by atoms with Crippen molar-refractivity contribution in [1.29, 1.82) is 0 Å². The molecule has 3 aromatic rings. The van der Waals surface area contributed by atoms with E-state index in [1.54, 1.807) is 18.2 Å². The van der Waals surface area contributed by atoms with Gasteiger partial charge in [0.15, 0.2) is 5.65 Å². The maximum atomic E-state index is 12.7. The zero-order valence-corrected chi connectivity index (χ0v) is 17.0. The summed E-state index contributed by atoms with van der Waals surface area (Å²) < 4.78 is 31.2. The number of nitrogens with one attached hydrogen (secondary N) is 1. The normalized spacial score (nSPS) is 20.2. The van der Waals surface area contributed by atoms with Crippen LogP contribution in [-0.2, 0) is 4.79 Å². The minimum Gasteiger partial charge on any atom is -0.481 e. The molecule has 0 saturated heterocycles. The smallest absolute Gasteiger partial charge is 0.306 e. The number of aliphatic carboxylic acids is 1. The molecule has 164 valence electrons. The SMILES string of the molecule is O=C(O)[C@H]1CC[C@H](Oc2nc3cc(Cl)c(-c4ccc(C(O)C(F)F)cc4)nc3[nH]2)CC1. The second-order valence-corrected chi connectivity index (χ2v) is 7.97. The molecule has 1 aliphatic carbocycles. The number of benzene rings is 1. The molecule has 1 atom stereocenters. The molecule has 1 aliphatic rings. The summed E-state index contributed by atoms with van der Waals surface area (Å²) in [5.74, 6) is -1.10. The summed E-state index contributed by atoms with van der Waals surface area (Å²) in [6, 6.07) is 7.86. The number of alkyl halides is 2. The van der Waals surface area contributed by atoms with E-state index in [2.05, 4.69) is 15.0 Å². The van der Waals surface area contributed by atoms with Crippen LogP contribution in [0.2, 0.25) is 5.02 Å². The number of carboxylic acids is 1. The Hall–Kier alpha value is -2.78. The van der Waals surface area contributed by atoms with E-state index in [0.717, 1.165) is 0 Å². The van der Waals surface area contributed by atoms with Gasteiger partial charge in [0.1, 0.15) is 17.7 Å². The molecule has 0 bridgehead atoms. The maximum Gasteiger partial charge on any atom is 0.306 e. The van der Waals surface area contributed by atoms with Crippen LogP contribution in [0.4, 0.5) is 8.78 Å². The molecule has 2 aromatic heterocycles. The van der Waals surface area contributed by atoms with Gasteiger partial charge in [-0.3, -0.25) is 9.78 Å². The number of rotatable bonds is 6. The Labute approximate surface area is 181 Å². The number of fused-ring (bicyclic) bond motifs is 1. The molecule has 31 heavy (non-hydrogen) atoms. The topological polar surface area (TPSA) is 108 Å². The lowest BCUT2D eigenvalue weighted by Crippen LogP contribution is -2.28. The first-order valence-electron chi connectivity index (χ1n) is 9.84. The number of aromatic nitrogens is 3. The van der Waals surface area contributed by atoms with Crippen molar-refractivity contribution in [2.45, 2.75) is 44.3 Å². The van der Waals surface area contributed by atoms with Crippen LogP contribution < -0.4 is 4.74 Å². The third-order valence-corrected chi connectivity index (χ3v) is 5.76. The molecule has 10 heteroatoms. The Morgan fingerprint density at radius 3 is 2.45 bits per heavy atom. The monoisotopic (exact) mass is 451 g/mol. The summed E-state index contributed by atoms with van der Waals surface area (Å²) in [6.07, 6.45) is -2.46. The molecule has 1 aromatic carbocycles. The molecule has 0 radical (unpaired) electrons. The van der Waals surface area contributed by atoms with E-state index < -0.39 is 18.5 Å². The van der Waals surface area contributed by atoms with Crippen LogP contribution in [0, 0.1) is 5.92 Å². The van der Waals surface area contributed by atoms with Crippen LogP contribution in [0.15, 0.2) is 30.3 Å². The van der Waals surface area contributed by atoms with E-state index >= 15 is 0 Å². The number of halogens is 3. The average molecular weight is 452 g/mol. The lowest BCUT2D eigenvalue weighted by molar-refractivity contribution is -0.143. The van der Waals surface area contributed by atoms with Crippen molar-refractivity contribution in [3.8, 4) is 17.3 Å². The highest BCUT2D eigenvalue weighted by Gasteiger charge is 2.27. The Morgan fingerprint density at radius 1 is 1.16 bits per heavy atom. The second kappa shape index (κ2) is 8.76. The van der Waals surface area contributed by atoms with E-state index in [9.17, 15) is 18.7 Å². The highest BCUT2D eigenvalue weighted by atomic mass is 35.5. The van der Waals surface area contributed by atoms with Crippen LogP contribution in [0.5, 0.6) is 6.01 Å². The first kappa shape index (κ1) is 21.5. The molecule has 0 spiro atoms. The molecule has 1 unspecified atom stereocenters. The van der Waals surface area contributed by atoms with Crippen molar-refractivity contribution >= 4 is 28.7 Å². The van der Waals surface area contributed by atoms with Gasteiger partial charge in [0.05, 0.1) is 16.6 Å². The van der Waals surface area contributed by atoms with Gasteiger partial charge in [0.25, 0.3) is 12.4 Å². The number of ether oxygens (including phenoxy) is 1. The number of aromatic amines is 1. The number of aliphatic hydroxyl groups excluding tert-OH is 1. The van der Waals surface area contributed by atoms with Crippen LogP contribution in [0.1, 0.15) is 37.4 Å². The summed E-state index contributed by atoms with van der Waals surface area (Å²) in [6.45, 7) is 0. The van der Waals surface area contributed by atoms with Gasteiger partial charge < -0.3 is 14.9 Å². The third-order valence-electron chi connectivity index (χ3n) is 5.47. The maximum absolute atomic E-state index is 12.7. The first-order chi connectivity index (χ1) is 14.8. The van der Waals surface area contributed by atoms with Gasteiger partial charge in [0.2, 0.25) is 0 Å². The molecule has 1 saturated carbocycles. The average Bonchev–Trinajstić information content (AvgIpc) is 3.14. The second-order valence-electron chi connectivity index (χ2n) is 7.56. The van der Waals surface area contributed by atoms with E-state index in [0.29, 0.717) is 53.1 Å². The van der Waals surface area contributed by atoms with Gasteiger partial charge in [-0.2, -0.15) is 4.98 Å². The standard InChI is InChI=1S/C21H20ClF2N3O4/c22-14-9-15-19(26-16(14)10-1-3-11(4-2-10)17(28)18(23)24)27-21(25-15)31-13-7-5-12(6-8-13)20(29)30/h1-4,9,12-13,17-18,28H,5-8H2,(H,29,30)(H,25,26,27)/t12-,13-,17?. The van der Waals surface area contributed by atoms with Crippen molar-refractivity contribution in [3.05, 3.63) is 40.9 Å². The predicted molar refractivity (Wildman–Crippen MR) is 109 cm³/mol. The molecular formula is C21H20ClF2N3O4. The van der Waals surface area contributed by atoms with E-state index in [-0.39, 0.29) is 23.6 Å². The predicted octanol–water partition coefficient (Wildman–Crippen LogP) is 4.60. The Balaban J connectivity index is 1.52. The number of aliphatic hydroxyl groups is 1. The summed E-state index contributed by atoms with van der Waals surface area (Å²) in [5.41, 5.74) is 2.09. The molecule has 0 aliphatic heterocycles. The number of nitrogens with zero attached hydrogens (tertiary/aromatic N) is 2. The molecule has 4 rings (SSSR count). The molecule has 0 amide bonds. The minimum absolute atomic E-state index is 0.103. The number of carboxylic acid groups (broad SMARTS) is 1. The molecule has 1 fully saturated rings. The van der Waals surface area contributed by atoms with Gasteiger partial charge in [-0.1, -0.05) is 35.9 Å². The van der Waals surface area contributed by atoms with Crippen molar-refractivity contribution in [2.24, 2.45) is 5.92 Å². The lowest BCUT2D eigenvalue weighted by atomic mass is 9.87. The molecular weight excluding hydrogens is 432 g/mol. The van der Waals surface area contributed by atoms with Gasteiger partial charge in [0, 0.05) is 5.56 Å². The van der Waals surface area contributed by atoms with E-state index in [1.807, 2.05) is 0 Å². The van der Waals surface area contributed by atoms with Gasteiger partial charge >= 0.3 is 5.97 Å². The summed E-state index contributed by atoms with van der Waals surface area (Å²) in [7, 11) is 0. The van der Waals surface area contributed by atoms with Crippen LogP contribution >= 0.6 is 11.6 Å². The number of hydrogen-bond acceptors (Lipinski definition) is 5. The fraction of sp³-hybridized carbons (Fsp3) is 0.381. The fourth-order valence-corrected chi connectivity index (χ4v) is 3.98. The van der Waals surface area contributed by atoms with Gasteiger partial charge in [-0.25, -0.2) is 13.8 Å². The molecule has 7 nitrogen and oxygen atoms in total. The van der Waals surface area contributed by atoms with Crippen molar-refractivity contribution in [3.63, 3.8) is 0 Å². The lowest BCUT2D eigenvalue weighted by Gasteiger charge is -2.25. The number of imidazole rings is 1. The number of hydrogen-bond donors (Lipinski definition) is 3. The van der Waals surface area contributed by atoms with Crippen LogP contribution in [0.3, 0.4) is 0 Å². The van der Waals surface area contributed by atoms with Crippen molar-refractivity contribution in [1.82, 2.24) is 15.0 Å². The summed E-state index contributed by atoms with van der Waals surface area (Å²) in [4.78, 5) is 22.9. The van der Waals surface area contributed by atoms with E-state index in [4.69, 9.17) is 21.4 Å². The molecule has 3 N–H and O–H groups in total. The highest BCUT2D eigenvalue weighted by Crippen LogP contribution is 2.32. The Kier molecular flexibility index (Phi) is 6.06. The van der Waals surface area contributed by atoms with Crippen molar-refractivity contribution in [2.75, 3.05) is 0 Å². The van der Waals surface area contributed by atoms with Crippen LogP contribution in [-0.4, -0.2) is 43.7 Å². The number of pyridine rings is 1. The largest absolute Gasteiger partial charge is 0.481 e. The zero-order valence-electron chi connectivity index (χ0n) is 16.3. The minimum atomic E-state index is -2.87. The third kappa shape index (κ3) is 4.62. The summed E-state index contributed by atoms with van der Waals surface area (Å²) in [5, 5.41) is 18.9. The van der Waals surface area contributed by atoms with Gasteiger partial charge in [-0.05, 0) is 37.3 Å². The van der Waals surface area contributed by atoms with E-state index in [1.165, 1.54) is 12.1 Å². The fourth-order valence-electron chi connectivity index (χ4n) is 3.72. The number of H-pyrrole nitrogens is 1. The van der Waals surface area contributed by atoms with Gasteiger partial charge in [-0.15, -0.1) is 0 Å². The van der Waals surface area contributed by atoms with Crippen molar-refractivity contribution < 1.29 is 28.5 Å². The zero-order chi connectivity index (χ0) is 22.1. The highest BCUT2D eigenvalue weighted by molar-refractivity contribution is 6.33. The first-order valence-corrected chi connectivity index (χ1v) is 10.2. The van der Waals surface area contributed by atoms with Crippen LogP contribution in [0.25, 0.3) is 22.4 Å².